The second-order valence-electron chi connectivity index (χ2n) is 5.89. The van der Waals surface area contributed by atoms with Gasteiger partial charge in [0.1, 0.15) is 6.04 Å². The van der Waals surface area contributed by atoms with Crippen LogP contribution in [0.15, 0.2) is 54.6 Å². The zero-order chi connectivity index (χ0) is 17.2. The quantitative estimate of drug-likeness (QED) is 0.918. The summed E-state index contributed by atoms with van der Waals surface area (Å²) >= 11 is 0. The second-order valence-corrected chi connectivity index (χ2v) is 7.81. The Morgan fingerprint density at radius 3 is 2.38 bits per heavy atom. The van der Waals surface area contributed by atoms with Crippen LogP contribution >= 0.6 is 0 Å². The van der Waals surface area contributed by atoms with Gasteiger partial charge in [-0.1, -0.05) is 54.6 Å². The van der Waals surface area contributed by atoms with Crippen LogP contribution in [0.4, 0.5) is 0 Å². The van der Waals surface area contributed by atoms with Gasteiger partial charge in [0.15, 0.2) is 0 Å². The number of carbonyl (C=O) groups is 1. The van der Waals surface area contributed by atoms with Gasteiger partial charge < -0.3 is 5.32 Å². The Morgan fingerprint density at radius 2 is 1.71 bits per heavy atom. The molecule has 0 spiro atoms. The number of benzene rings is 2. The number of sulfonamides is 1. The molecule has 126 valence electrons. The molecule has 6 heteroatoms. The molecular weight excluding hydrogens is 324 g/mol. The summed E-state index contributed by atoms with van der Waals surface area (Å²) in [6, 6.07) is 16.0. The van der Waals surface area contributed by atoms with Crippen molar-refractivity contribution >= 4 is 15.9 Å². The van der Waals surface area contributed by atoms with Crippen molar-refractivity contribution in [2.24, 2.45) is 0 Å². The van der Waals surface area contributed by atoms with Gasteiger partial charge in [-0.2, -0.15) is 4.31 Å². The van der Waals surface area contributed by atoms with E-state index in [1.165, 1.54) is 11.4 Å². The third-order valence-corrected chi connectivity index (χ3v) is 6.10. The molecule has 1 aliphatic rings. The predicted molar refractivity (Wildman–Crippen MR) is 92.6 cm³/mol. The van der Waals surface area contributed by atoms with Crippen LogP contribution in [0.5, 0.6) is 0 Å². The van der Waals surface area contributed by atoms with Crippen LogP contribution in [0.1, 0.15) is 16.7 Å². The first-order valence-corrected chi connectivity index (χ1v) is 9.44. The molecule has 3 rings (SSSR count). The molecule has 0 aromatic heterocycles. The Balaban J connectivity index is 1.95. The lowest BCUT2D eigenvalue weighted by molar-refractivity contribution is -0.124. The van der Waals surface area contributed by atoms with Crippen molar-refractivity contribution in [3.8, 4) is 0 Å². The summed E-state index contributed by atoms with van der Waals surface area (Å²) in [6.07, 6.45) is 0.393. The first-order valence-electron chi connectivity index (χ1n) is 7.83. The molecule has 0 bridgehead atoms. The summed E-state index contributed by atoms with van der Waals surface area (Å²) in [7, 11) is -2.08. The molecule has 0 radical (unpaired) electrons. The average molecular weight is 344 g/mol. The molecule has 0 unspecified atom stereocenters. The monoisotopic (exact) mass is 344 g/mol. The average Bonchev–Trinajstić information content (AvgIpc) is 2.60. The van der Waals surface area contributed by atoms with E-state index in [9.17, 15) is 13.2 Å². The molecule has 1 atom stereocenters. The Hall–Kier alpha value is -2.18. The molecule has 5 nitrogen and oxygen atoms in total. The van der Waals surface area contributed by atoms with E-state index in [1.54, 1.807) is 12.1 Å². The standard InChI is InChI=1S/C18H20N2O3S/c1-19-18(21)17-11-15-9-5-6-10-16(15)12-20(17)24(22,23)13-14-7-3-2-4-8-14/h2-10,17H,11-13H2,1H3,(H,19,21)/t17-/m1/s1. The molecule has 1 heterocycles. The Kier molecular flexibility index (Phi) is 4.69. The van der Waals surface area contributed by atoms with E-state index in [0.29, 0.717) is 12.0 Å². The number of nitrogens with one attached hydrogen (secondary N) is 1. The number of hydrogen-bond acceptors (Lipinski definition) is 3. The largest absolute Gasteiger partial charge is 0.358 e. The molecule has 1 aliphatic heterocycles. The van der Waals surface area contributed by atoms with Crippen molar-refractivity contribution in [2.75, 3.05) is 7.05 Å². The maximum Gasteiger partial charge on any atom is 0.238 e. The summed E-state index contributed by atoms with van der Waals surface area (Å²) in [4.78, 5) is 12.3. The molecule has 2 aromatic carbocycles. The summed E-state index contributed by atoms with van der Waals surface area (Å²) in [5.41, 5.74) is 2.69. The third kappa shape index (κ3) is 3.34. The van der Waals surface area contributed by atoms with Crippen molar-refractivity contribution < 1.29 is 13.2 Å². The fourth-order valence-electron chi connectivity index (χ4n) is 3.05. The minimum Gasteiger partial charge on any atom is -0.358 e. The van der Waals surface area contributed by atoms with Gasteiger partial charge in [0, 0.05) is 13.6 Å². The van der Waals surface area contributed by atoms with Crippen LogP contribution in [0, 0.1) is 0 Å². The van der Waals surface area contributed by atoms with Crippen molar-refractivity contribution in [1.82, 2.24) is 9.62 Å². The van der Waals surface area contributed by atoms with Gasteiger partial charge in [0.25, 0.3) is 0 Å². The van der Waals surface area contributed by atoms with E-state index in [-0.39, 0.29) is 18.2 Å². The summed E-state index contributed by atoms with van der Waals surface area (Å²) in [5.74, 6) is -0.384. The smallest absolute Gasteiger partial charge is 0.238 e. The molecule has 2 aromatic rings. The normalized spacial score (nSPS) is 18.0. The number of nitrogens with zero attached hydrogens (tertiary/aromatic N) is 1. The SMILES string of the molecule is CNC(=O)[C@H]1Cc2ccccc2CN1S(=O)(=O)Cc1ccccc1. The van der Waals surface area contributed by atoms with E-state index in [1.807, 2.05) is 42.5 Å². The van der Waals surface area contributed by atoms with E-state index in [2.05, 4.69) is 5.32 Å². The Bertz CT molecular complexity index is 834. The van der Waals surface area contributed by atoms with Crippen LogP contribution in [0.25, 0.3) is 0 Å². The second kappa shape index (κ2) is 6.75. The molecule has 0 saturated heterocycles. The van der Waals surface area contributed by atoms with Crippen molar-refractivity contribution in [3.63, 3.8) is 0 Å². The van der Waals surface area contributed by atoms with Crippen LogP contribution < -0.4 is 5.32 Å². The fraction of sp³-hybridized carbons (Fsp3) is 0.278. The number of rotatable bonds is 4. The molecule has 1 amide bonds. The third-order valence-electron chi connectivity index (χ3n) is 4.30. The highest BCUT2D eigenvalue weighted by atomic mass is 32.2. The van der Waals surface area contributed by atoms with E-state index in [4.69, 9.17) is 0 Å². The molecule has 0 saturated carbocycles. The van der Waals surface area contributed by atoms with Crippen molar-refractivity contribution in [1.29, 1.82) is 0 Å². The number of amides is 1. The molecule has 0 fully saturated rings. The maximum atomic E-state index is 12.9. The lowest BCUT2D eigenvalue weighted by atomic mass is 9.95. The highest BCUT2D eigenvalue weighted by Gasteiger charge is 2.38. The van der Waals surface area contributed by atoms with Gasteiger partial charge in [-0.25, -0.2) is 8.42 Å². The minimum atomic E-state index is -3.61. The fourth-order valence-corrected chi connectivity index (χ4v) is 4.72. The summed E-state index contributed by atoms with van der Waals surface area (Å²) in [5, 5.41) is 2.59. The van der Waals surface area contributed by atoms with Crippen LogP contribution in [-0.4, -0.2) is 31.7 Å². The lowest BCUT2D eigenvalue weighted by Gasteiger charge is -2.34. The van der Waals surface area contributed by atoms with E-state index >= 15 is 0 Å². The zero-order valence-electron chi connectivity index (χ0n) is 13.5. The number of carbonyl (C=O) groups excluding carboxylic acids is 1. The van der Waals surface area contributed by atoms with Gasteiger partial charge in [-0.05, 0) is 23.1 Å². The maximum absolute atomic E-state index is 12.9. The van der Waals surface area contributed by atoms with Gasteiger partial charge in [-0.3, -0.25) is 4.79 Å². The van der Waals surface area contributed by atoms with E-state index < -0.39 is 16.1 Å². The van der Waals surface area contributed by atoms with E-state index in [0.717, 1.165) is 11.1 Å². The summed E-state index contributed by atoms with van der Waals surface area (Å²) in [6.45, 7) is 0.226. The van der Waals surface area contributed by atoms with Crippen LogP contribution in [0.3, 0.4) is 0 Å². The van der Waals surface area contributed by atoms with Gasteiger partial charge in [-0.15, -0.1) is 0 Å². The highest BCUT2D eigenvalue weighted by Crippen LogP contribution is 2.27. The zero-order valence-corrected chi connectivity index (χ0v) is 14.3. The molecule has 24 heavy (non-hydrogen) atoms. The predicted octanol–water partition coefficient (Wildman–Crippen LogP) is 1.69. The first kappa shape index (κ1) is 16.7. The number of likely N-dealkylation sites (N-methyl/N-ethyl adjacent to an activating group) is 1. The number of fused-ring (bicyclic) bond motifs is 1. The Morgan fingerprint density at radius 1 is 1.08 bits per heavy atom. The molecular formula is C18H20N2O3S. The minimum absolute atomic E-state index is 0.108. The van der Waals surface area contributed by atoms with Gasteiger partial charge in [0.2, 0.25) is 15.9 Å². The topological polar surface area (TPSA) is 66.5 Å². The van der Waals surface area contributed by atoms with Crippen molar-refractivity contribution in [3.05, 3.63) is 71.3 Å². The number of hydrogen-bond donors (Lipinski definition) is 1. The van der Waals surface area contributed by atoms with Crippen LogP contribution in [0.2, 0.25) is 0 Å². The van der Waals surface area contributed by atoms with Gasteiger partial charge in [0.05, 0.1) is 5.75 Å². The summed E-state index contributed by atoms with van der Waals surface area (Å²) < 4.78 is 27.2. The first-order chi connectivity index (χ1) is 11.5. The highest BCUT2D eigenvalue weighted by molar-refractivity contribution is 7.88. The van der Waals surface area contributed by atoms with Gasteiger partial charge >= 0.3 is 0 Å². The van der Waals surface area contributed by atoms with Crippen LogP contribution in [-0.2, 0) is 33.5 Å². The lowest BCUT2D eigenvalue weighted by Crippen LogP contribution is -2.52. The molecule has 1 N–H and O–H groups in total. The Labute approximate surface area is 142 Å². The van der Waals surface area contributed by atoms with Crippen molar-refractivity contribution in [2.45, 2.75) is 24.8 Å². The molecule has 0 aliphatic carbocycles.